The largest absolute Gasteiger partial charge is 0.307 e. The van der Waals surface area contributed by atoms with Gasteiger partial charge in [0.25, 0.3) is 5.56 Å². The molecule has 0 aliphatic carbocycles. The van der Waals surface area contributed by atoms with E-state index in [2.05, 4.69) is 38.8 Å². The first-order valence-corrected chi connectivity index (χ1v) is 6.33. The van der Waals surface area contributed by atoms with Crippen LogP contribution in [0.1, 0.15) is 31.5 Å². The van der Waals surface area contributed by atoms with Crippen molar-refractivity contribution in [1.82, 2.24) is 4.57 Å². The van der Waals surface area contributed by atoms with E-state index in [4.69, 9.17) is 0 Å². The lowest BCUT2D eigenvalue weighted by Gasteiger charge is -2.13. The van der Waals surface area contributed by atoms with E-state index in [1.807, 2.05) is 10.6 Å². The van der Waals surface area contributed by atoms with Crippen molar-refractivity contribution in [2.75, 3.05) is 0 Å². The van der Waals surface area contributed by atoms with Gasteiger partial charge in [0, 0.05) is 16.2 Å². The Hall–Kier alpha value is -0.0900. The van der Waals surface area contributed by atoms with E-state index in [0.29, 0.717) is 10.5 Å². The smallest absolute Gasteiger partial charge is 0.265 e. The van der Waals surface area contributed by atoms with Gasteiger partial charge in [-0.25, -0.2) is 0 Å². The summed E-state index contributed by atoms with van der Waals surface area (Å²) in [6.45, 7) is 2.13. The minimum atomic E-state index is 0.104. The van der Waals surface area contributed by atoms with E-state index in [1.54, 1.807) is 0 Å². The summed E-state index contributed by atoms with van der Waals surface area (Å²) in [4.78, 5) is 11.9. The summed E-state index contributed by atoms with van der Waals surface area (Å²) in [5.74, 6) is 0. The van der Waals surface area contributed by atoms with Gasteiger partial charge < -0.3 is 4.57 Å². The molecule has 1 atom stereocenters. The van der Waals surface area contributed by atoms with Crippen molar-refractivity contribution in [3.63, 3.8) is 0 Å². The fraction of sp³-hybridized carbons (Fsp3) is 0.500. The number of rotatable bonds is 1. The summed E-state index contributed by atoms with van der Waals surface area (Å²) in [5.41, 5.74) is 1.25. The first-order valence-electron chi connectivity index (χ1n) is 4.74. The highest BCUT2D eigenvalue weighted by Gasteiger charge is 2.24. The molecule has 1 aromatic rings. The monoisotopic (exact) mass is 319 g/mol. The zero-order valence-electron chi connectivity index (χ0n) is 7.89. The maximum absolute atomic E-state index is 11.9. The minimum absolute atomic E-state index is 0.104. The number of hydrogen-bond acceptors (Lipinski definition) is 1. The average molecular weight is 321 g/mol. The Morgan fingerprint density at radius 2 is 2.21 bits per heavy atom. The Morgan fingerprint density at radius 1 is 1.50 bits per heavy atom. The molecule has 0 N–H and O–H groups in total. The Balaban J connectivity index is 2.69. The average Bonchev–Trinajstić information content (AvgIpc) is 2.58. The van der Waals surface area contributed by atoms with Crippen LogP contribution in [0.2, 0.25) is 0 Å². The lowest BCUT2D eigenvalue weighted by molar-refractivity contribution is 0.497. The van der Waals surface area contributed by atoms with Crippen LogP contribution < -0.4 is 5.56 Å². The maximum atomic E-state index is 11.9. The lowest BCUT2D eigenvalue weighted by atomic mass is 10.2. The molecule has 2 nitrogen and oxygen atoms in total. The highest BCUT2D eigenvalue weighted by atomic mass is 79.9. The molecule has 14 heavy (non-hydrogen) atoms. The Bertz CT molecular complexity index is 425. The van der Waals surface area contributed by atoms with E-state index in [1.165, 1.54) is 0 Å². The SMILES string of the molecule is CCC1CCc2c(Br)cc(Br)c(=O)n21. The van der Waals surface area contributed by atoms with Crippen molar-refractivity contribution >= 4 is 31.9 Å². The van der Waals surface area contributed by atoms with Crippen molar-refractivity contribution in [2.45, 2.75) is 32.2 Å². The molecule has 0 fully saturated rings. The zero-order chi connectivity index (χ0) is 10.3. The van der Waals surface area contributed by atoms with Crippen LogP contribution in [0.25, 0.3) is 0 Å². The summed E-state index contributed by atoms with van der Waals surface area (Å²) in [6.07, 6.45) is 3.11. The summed E-state index contributed by atoms with van der Waals surface area (Å²) < 4.78 is 3.61. The number of hydrogen-bond donors (Lipinski definition) is 0. The standard InChI is InChI=1S/C10H11Br2NO/c1-2-6-3-4-9-7(11)5-8(12)10(14)13(6)9/h5-6H,2-4H2,1H3. The van der Waals surface area contributed by atoms with E-state index in [-0.39, 0.29) is 5.56 Å². The van der Waals surface area contributed by atoms with Gasteiger partial charge in [-0.3, -0.25) is 4.79 Å². The van der Waals surface area contributed by atoms with Crippen LogP contribution in [0.5, 0.6) is 0 Å². The minimum Gasteiger partial charge on any atom is -0.307 e. The molecular weight excluding hydrogens is 310 g/mol. The molecule has 1 aromatic heterocycles. The normalized spacial score (nSPS) is 19.8. The number of halogens is 2. The van der Waals surface area contributed by atoms with Crippen molar-refractivity contribution in [3.8, 4) is 0 Å². The van der Waals surface area contributed by atoms with Gasteiger partial charge in [-0.05, 0) is 57.2 Å². The molecular formula is C10H11Br2NO. The highest BCUT2D eigenvalue weighted by molar-refractivity contribution is 9.11. The van der Waals surface area contributed by atoms with E-state index in [0.717, 1.165) is 29.4 Å². The van der Waals surface area contributed by atoms with Gasteiger partial charge >= 0.3 is 0 Å². The molecule has 2 rings (SSSR count). The van der Waals surface area contributed by atoms with Gasteiger partial charge in [-0.2, -0.15) is 0 Å². The predicted octanol–water partition coefficient (Wildman–Crippen LogP) is 3.27. The van der Waals surface area contributed by atoms with E-state index >= 15 is 0 Å². The molecule has 0 spiro atoms. The third kappa shape index (κ3) is 1.48. The van der Waals surface area contributed by atoms with Crippen LogP contribution in [0.4, 0.5) is 0 Å². The summed E-state index contributed by atoms with van der Waals surface area (Å²) in [7, 11) is 0. The summed E-state index contributed by atoms with van der Waals surface area (Å²) >= 11 is 6.79. The number of fused-ring (bicyclic) bond motifs is 1. The number of nitrogens with zero attached hydrogens (tertiary/aromatic N) is 1. The maximum Gasteiger partial charge on any atom is 0.265 e. The van der Waals surface area contributed by atoms with Crippen LogP contribution in [-0.2, 0) is 6.42 Å². The highest BCUT2D eigenvalue weighted by Crippen LogP contribution is 2.32. The van der Waals surface area contributed by atoms with E-state index < -0.39 is 0 Å². The predicted molar refractivity (Wildman–Crippen MR) is 63.8 cm³/mol. The van der Waals surface area contributed by atoms with Crippen LogP contribution in [0.3, 0.4) is 0 Å². The Labute approximate surface area is 99.6 Å². The second-order valence-corrected chi connectivity index (χ2v) is 5.27. The van der Waals surface area contributed by atoms with Crippen molar-refractivity contribution in [2.24, 2.45) is 0 Å². The summed E-state index contributed by atoms with van der Waals surface area (Å²) in [6, 6.07) is 2.23. The van der Waals surface area contributed by atoms with Gasteiger partial charge in [-0.15, -0.1) is 0 Å². The molecule has 4 heteroatoms. The van der Waals surface area contributed by atoms with Crippen molar-refractivity contribution in [3.05, 3.63) is 31.1 Å². The first kappa shape index (κ1) is 10.4. The number of aromatic nitrogens is 1. The Kier molecular flexibility index (Phi) is 2.84. The molecule has 0 aromatic carbocycles. The van der Waals surface area contributed by atoms with Crippen LogP contribution >= 0.6 is 31.9 Å². The molecule has 0 bridgehead atoms. The van der Waals surface area contributed by atoms with Gasteiger partial charge in [0.05, 0.1) is 4.47 Å². The first-order chi connectivity index (χ1) is 6.65. The topological polar surface area (TPSA) is 22.0 Å². The van der Waals surface area contributed by atoms with Crippen LogP contribution in [0.15, 0.2) is 19.8 Å². The number of pyridine rings is 1. The molecule has 76 valence electrons. The van der Waals surface area contributed by atoms with Gasteiger partial charge in [-0.1, -0.05) is 6.92 Å². The fourth-order valence-electron chi connectivity index (χ4n) is 2.05. The quantitative estimate of drug-likeness (QED) is 0.778. The lowest BCUT2D eigenvalue weighted by Crippen LogP contribution is -2.23. The Morgan fingerprint density at radius 3 is 2.86 bits per heavy atom. The van der Waals surface area contributed by atoms with Gasteiger partial charge in [0.15, 0.2) is 0 Å². The van der Waals surface area contributed by atoms with Crippen molar-refractivity contribution in [1.29, 1.82) is 0 Å². The fourth-order valence-corrected chi connectivity index (χ4v) is 3.40. The third-order valence-electron chi connectivity index (χ3n) is 2.79. The summed E-state index contributed by atoms with van der Waals surface area (Å²) in [5, 5.41) is 0. The van der Waals surface area contributed by atoms with Crippen LogP contribution in [0, 0.1) is 0 Å². The molecule has 2 heterocycles. The van der Waals surface area contributed by atoms with Gasteiger partial charge in [0.2, 0.25) is 0 Å². The molecule has 0 amide bonds. The van der Waals surface area contributed by atoms with E-state index in [9.17, 15) is 4.79 Å². The molecule has 0 radical (unpaired) electrons. The molecule has 1 aliphatic heterocycles. The molecule has 1 unspecified atom stereocenters. The second-order valence-electron chi connectivity index (χ2n) is 3.56. The molecule has 0 saturated carbocycles. The molecule has 0 saturated heterocycles. The second kappa shape index (κ2) is 3.81. The third-order valence-corrected chi connectivity index (χ3v) is 4.05. The van der Waals surface area contributed by atoms with Crippen LogP contribution in [-0.4, -0.2) is 4.57 Å². The van der Waals surface area contributed by atoms with Gasteiger partial charge in [0.1, 0.15) is 0 Å². The molecule has 1 aliphatic rings. The van der Waals surface area contributed by atoms with Crippen molar-refractivity contribution < 1.29 is 0 Å². The zero-order valence-corrected chi connectivity index (χ0v) is 11.1.